The van der Waals surface area contributed by atoms with Crippen molar-refractivity contribution in [2.45, 2.75) is 0 Å². The van der Waals surface area contributed by atoms with Crippen LogP contribution < -0.4 is 15.0 Å². The van der Waals surface area contributed by atoms with Crippen molar-refractivity contribution < 1.29 is 9.15 Å². The van der Waals surface area contributed by atoms with E-state index in [-0.39, 0.29) is 0 Å². The third kappa shape index (κ3) is 2.53. The summed E-state index contributed by atoms with van der Waals surface area (Å²) in [6, 6.07) is 8.17. The number of aromatic nitrogens is 2. The summed E-state index contributed by atoms with van der Waals surface area (Å²) in [5.74, 6) is 1.35. The van der Waals surface area contributed by atoms with Gasteiger partial charge in [0, 0.05) is 31.7 Å². The monoisotopic (exact) mass is 260 g/mol. The first-order valence-electron chi connectivity index (χ1n) is 6.30. The van der Waals surface area contributed by atoms with Crippen LogP contribution in [-0.2, 0) is 0 Å². The second-order valence-electron chi connectivity index (χ2n) is 4.36. The average Bonchev–Trinajstić information content (AvgIpc) is 2.98. The molecule has 2 heterocycles. The maximum absolute atomic E-state index is 5.72. The van der Waals surface area contributed by atoms with Crippen molar-refractivity contribution in [1.82, 2.24) is 15.5 Å². The van der Waals surface area contributed by atoms with Gasteiger partial charge in [-0.2, -0.15) is 0 Å². The molecule has 19 heavy (non-hydrogen) atoms. The summed E-state index contributed by atoms with van der Waals surface area (Å²) in [6.07, 6.45) is 0. The molecule has 1 N–H and O–H groups in total. The van der Waals surface area contributed by atoms with E-state index in [4.69, 9.17) is 9.15 Å². The molecule has 0 bridgehead atoms. The molecule has 0 radical (unpaired) electrons. The number of hydrogen-bond acceptors (Lipinski definition) is 6. The van der Waals surface area contributed by atoms with E-state index in [1.807, 2.05) is 24.3 Å². The highest BCUT2D eigenvalue weighted by Gasteiger charge is 2.17. The molecule has 2 aromatic rings. The van der Waals surface area contributed by atoms with Crippen LogP contribution in [0.3, 0.4) is 0 Å². The summed E-state index contributed by atoms with van der Waals surface area (Å²) in [6.45, 7) is 3.68. The number of anilines is 1. The van der Waals surface area contributed by atoms with Crippen LogP contribution in [0.15, 0.2) is 28.7 Å². The molecule has 0 saturated carbocycles. The topological polar surface area (TPSA) is 63.4 Å². The number of piperazine rings is 1. The summed E-state index contributed by atoms with van der Waals surface area (Å²) >= 11 is 0. The minimum atomic E-state index is 0.538. The second-order valence-corrected chi connectivity index (χ2v) is 4.36. The minimum absolute atomic E-state index is 0.538. The summed E-state index contributed by atoms with van der Waals surface area (Å²) < 4.78 is 10.8. The predicted molar refractivity (Wildman–Crippen MR) is 71.4 cm³/mol. The van der Waals surface area contributed by atoms with Crippen LogP contribution in [0.2, 0.25) is 0 Å². The zero-order valence-corrected chi connectivity index (χ0v) is 10.8. The highest BCUT2D eigenvalue weighted by molar-refractivity contribution is 5.55. The van der Waals surface area contributed by atoms with Gasteiger partial charge in [-0.1, -0.05) is 5.10 Å². The van der Waals surface area contributed by atoms with Crippen LogP contribution in [0, 0.1) is 0 Å². The van der Waals surface area contributed by atoms with E-state index in [1.165, 1.54) is 0 Å². The standard InChI is InChI=1S/C13H16N4O2/c1-18-11-4-2-10(3-5-11)12-15-16-13(19-12)17-8-6-14-7-9-17/h2-5,14H,6-9H2,1H3. The Balaban J connectivity index is 1.79. The average molecular weight is 260 g/mol. The fourth-order valence-electron chi connectivity index (χ4n) is 2.05. The number of benzene rings is 1. The number of nitrogens with one attached hydrogen (secondary N) is 1. The van der Waals surface area contributed by atoms with E-state index in [1.54, 1.807) is 7.11 Å². The van der Waals surface area contributed by atoms with Crippen molar-refractivity contribution in [3.63, 3.8) is 0 Å². The number of nitrogens with zero attached hydrogens (tertiary/aromatic N) is 3. The zero-order valence-electron chi connectivity index (χ0n) is 10.8. The van der Waals surface area contributed by atoms with Gasteiger partial charge >= 0.3 is 6.01 Å². The molecular formula is C13H16N4O2. The molecule has 6 nitrogen and oxygen atoms in total. The lowest BCUT2D eigenvalue weighted by Gasteiger charge is -2.24. The van der Waals surface area contributed by atoms with Gasteiger partial charge in [-0.15, -0.1) is 5.10 Å². The lowest BCUT2D eigenvalue weighted by atomic mass is 10.2. The third-order valence-corrected chi connectivity index (χ3v) is 3.14. The van der Waals surface area contributed by atoms with Crippen molar-refractivity contribution >= 4 is 6.01 Å². The molecule has 1 saturated heterocycles. The number of rotatable bonds is 3. The zero-order chi connectivity index (χ0) is 13.1. The second kappa shape index (κ2) is 5.27. The van der Waals surface area contributed by atoms with Gasteiger partial charge in [0.2, 0.25) is 5.89 Å². The first-order valence-corrected chi connectivity index (χ1v) is 6.30. The lowest BCUT2D eigenvalue weighted by molar-refractivity contribution is 0.415. The van der Waals surface area contributed by atoms with Crippen LogP contribution >= 0.6 is 0 Å². The van der Waals surface area contributed by atoms with Gasteiger partial charge < -0.3 is 19.4 Å². The fourth-order valence-corrected chi connectivity index (χ4v) is 2.05. The molecule has 1 aromatic carbocycles. The summed E-state index contributed by atoms with van der Waals surface area (Å²) in [7, 11) is 1.64. The summed E-state index contributed by atoms with van der Waals surface area (Å²) in [5, 5.41) is 11.5. The van der Waals surface area contributed by atoms with Crippen LogP contribution in [0.5, 0.6) is 5.75 Å². The molecule has 1 fully saturated rings. The number of methoxy groups -OCH3 is 1. The Kier molecular flexibility index (Phi) is 3.33. The molecule has 6 heteroatoms. The molecule has 0 amide bonds. The third-order valence-electron chi connectivity index (χ3n) is 3.14. The van der Waals surface area contributed by atoms with E-state index in [2.05, 4.69) is 20.4 Å². The smallest absolute Gasteiger partial charge is 0.318 e. The first kappa shape index (κ1) is 12.0. The summed E-state index contributed by atoms with van der Waals surface area (Å²) in [5.41, 5.74) is 0.898. The highest BCUT2D eigenvalue weighted by atomic mass is 16.5. The molecule has 3 rings (SSSR count). The van der Waals surface area contributed by atoms with Gasteiger partial charge in [0.05, 0.1) is 7.11 Å². The SMILES string of the molecule is COc1ccc(-c2nnc(N3CCNCC3)o2)cc1. The quantitative estimate of drug-likeness (QED) is 0.893. The Hall–Kier alpha value is -2.08. The Labute approximate surface area is 111 Å². The lowest BCUT2D eigenvalue weighted by Crippen LogP contribution is -2.43. The molecular weight excluding hydrogens is 244 g/mol. The van der Waals surface area contributed by atoms with E-state index >= 15 is 0 Å². The maximum Gasteiger partial charge on any atom is 0.318 e. The Bertz CT molecular complexity index is 532. The van der Waals surface area contributed by atoms with E-state index < -0.39 is 0 Å². The summed E-state index contributed by atoms with van der Waals surface area (Å²) in [4.78, 5) is 2.09. The van der Waals surface area contributed by atoms with Crippen LogP contribution in [0.1, 0.15) is 0 Å². The van der Waals surface area contributed by atoms with Crippen LogP contribution in [-0.4, -0.2) is 43.5 Å². The Morgan fingerprint density at radius 2 is 1.89 bits per heavy atom. The van der Waals surface area contributed by atoms with Crippen molar-refractivity contribution in [2.75, 3.05) is 38.2 Å². The Morgan fingerprint density at radius 1 is 1.16 bits per heavy atom. The highest BCUT2D eigenvalue weighted by Crippen LogP contribution is 2.24. The molecule has 1 aliphatic heterocycles. The Morgan fingerprint density at radius 3 is 2.58 bits per heavy atom. The fraction of sp³-hybridized carbons (Fsp3) is 0.385. The van der Waals surface area contributed by atoms with Gasteiger partial charge in [-0.05, 0) is 24.3 Å². The van der Waals surface area contributed by atoms with Crippen LogP contribution in [0.4, 0.5) is 6.01 Å². The van der Waals surface area contributed by atoms with Gasteiger partial charge in [0.1, 0.15) is 5.75 Å². The van der Waals surface area contributed by atoms with E-state index in [9.17, 15) is 0 Å². The van der Waals surface area contributed by atoms with Crippen molar-refractivity contribution in [1.29, 1.82) is 0 Å². The first-order chi connectivity index (χ1) is 9.36. The van der Waals surface area contributed by atoms with Crippen molar-refractivity contribution in [3.8, 4) is 17.2 Å². The van der Waals surface area contributed by atoms with E-state index in [0.717, 1.165) is 37.5 Å². The molecule has 100 valence electrons. The van der Waals surface area contributed by atoms with Gasteiger partial charge in [-0.3, -0.25) is 0 Å². The molecule has 0 aliphatic carbocycles. The van der Waals surface area contributed by atoms with Crippen LogP contribution in [0.25, 0.3) is 11.5 Å². The number of hydrogen-bond donors (Lipinski definition) is 1. The predicted octanol–water partition coefficient (Wildman–Crippen LogP) is 1.15. The normalized spacial score (nSPS) is 15.5. The molecule has 1 aliphatic rings. The molecule has 0 atom stereocenters. The largest absolute Gasteiger partial charge is 0.497 e. The van der Waals surface area contributed by atoms with Gasteiger partial charge in [0.25, 0.3) is 0 Å². The van der Waals surface area contributed by atoms with E-state index in [0.29, 0.717) is 11.9 Å². The van der Waals surface area contributed by atoms with Crippen molar-refractivity contribution in [3.05, 3.63) is 24.3 Å². The minimum Gasteiger partial charge on any atom is -0.497 e. The van der Waals surface area contributed by atoms with Gasteiger partial charge in [-0.25, -0.2) is 0 Å². The molecule has 0 spiro atoms. The maximum atomic E-state index is 5.72. The van der Waals surface area contributed by atoms with Crippen molar-refractivity contribution in [2.24, 2.45) is 0 Å². The van der Waals surface area contributed by atoms with Gasteiger partial charge in [0.15, 0.2) is 0 Å². The molecule has 0 unspecified atom stereocenters. The number of ether oxygens (including phenoxy) is 1. The molecule has 1 aromatic heterocycles.